The summed E-state index contributed by atoms with van der Waals surface area (Å²) < 4.78 is 17.0. The highest BCUT2D eigenvalue weighted by Gasteiger charge is 2.34. The lowest BCUT2D eigenvalue weighted by Gasteiger charge is -2.30. The molecule has 0 unspecified atom stereocenters. The molecule has 2 aromatic carbocycles. The summed E-state index contributed by atoms with van der Waals surface area (Å²) >= 11 is 1.05. The van der Waals surface area contributed by atoms with Crippen molar-refractivity contribution in [3.8, 4) is 0 Å². The molecule has 7 nitrogen and oxygen atoms in total. The van der Waals surface area contributed by atoms with Gasteiger partial charge >= 0.3 is 0 Å². The molecule has 0 radical (unpaired) electrons. The van der Waals surface area contributed by atoms with Crippen molar-refractivity contribution in [3.63, 3.8) is 0 Å². The van der Waals surface area contributed by atoms with Crippen molar-refractivity contribution in [2.24, 2.45) is 0 Å². The normalized spacial score (nSPS) is 11.5. The lowest BCUT2D eigenvalue weighted by atomic mass is 10.0. The number of para-hydroxylation sites is 1. The third kappa shape index (κ3) is 4.84. The molecular weight excluding hydrogens is 429 g/mol. The van der Waals surface area contributed by atoms with Crippen LogP contribution in [-0.2, 0) is 11.3 Å². The van der Waals surface area contributed by atoms with E-state index in [0.29, 0.717) is 11.3 Å². The smallest absolute Gasteiger partial charge is 0.280 e. The van der Waals surface area contributed by atoms with Crippen LogP contribution in [0.2, 0.25) is 0 Å². The molecule has 0 saturated heterocycles. The minimum absolute atomic E-state index is 0.138. The fourth-order valence-corrected chi connectivity index (χ4v) is 3.63. The Morgan fingerprint density at radius 2 is 1.81 bits per heavy atom. The molecule has 0 bridgehead atoms. The minimum atomic E-state index is -1.01. The van der Waals surface area contributed by atoms with Gasteiger partial charge in [-0.05, 0) is 47.4 Å². The van der Waals surface area contributed by atoms with Crippen LogP contribution in [0.5, 0.6) is 0 Å². The Labute approximate surface area is 187 Å². The Hall–Kier alpha value is -3.98. The average molecular weight is 447 g/mol. The highest BCUT2D eigenvalue weighted by Crippen LogP contribution is 2.29. The second-order valence-corrected chi connectivity index (χ2v) is 7.44. The second kappa shape index (κ2) is 9.88. The van der Waals surface area contributed by atoms with E-state index in [1.54, 1.807) is 60.9 Å². The van der Waals surface area contributed by atoms with E-state index in [0.717, 1.165) is 17.1 Å². The van der Waals surface area contributed by atoms with Crippen LogP contribution in [0.25, 0.3) is 0 Å². The van der Waals surface area contributed by atoms with Crippen LogP contribution in [0.15, 0.2) is 84.5 Å². The summed E-state index contributed by atoms with van der Waals surface area (Å²) in [6, 6.07) is 17.1. The standard InChI is InChI=1S/C23H18FN5O2S/c24-18-10-8-16(9-11-18)13-26-22(30)21(17-5-4-12-25-14-17)29(19-6-2-1-3-7-19)23(31)20-15-32-28-27-20/h1-12,14-15,21H,13H2,(H,26,30)/t21-/m1/s1. The first kappa shape index (κ1) is 21.3. The molecule has 0 fully saturated rings. The van der Waals surface area contributed by atoms with Gasteiger partial charge in [0.15, 0.2) is 5.69 Å². The molecular formula is C23H18FN5O2S. The summed E-state index contributed by atoms with van der Waals surface area (Å²) in [5.41, 5.74) is 1.92. The van der Waals surface area contributed by atoms with Gasteiger partial charge in [-0.1, -0.05) is 40.9 Å². The van der Waals surface area contributed by atoms with E-state index in [2.05, 4.69) is 19.9 Å². The Kier molecular flexibility index (Phi) is 6.57. The lowest BCUT2D eigenvalue weighted by molar-refractivity contribution is -0.122. The summed E-state index contributed by atoms with van der Waals surface area (Å²) in [6.07, 6.45) is 3.14. The number of hydrogen-bond donors (Lipinski definition) is 1. The number of amides is 2. The maximum absolute atomic E-state index is 13.4. The van der Waals surface area contributed by atoms with Crippen molar-refractivity contribution < 1.29 is 14.0 Å². The topological polar surface area (TPSA) is 88.1 Å². The molecule has 0 spiro atoms. The molecule has 0 aliphatic rings. The molecule has 32 heavy (non-hydrogen) atoms. The number of nitrogens with zero attached hydrogens (tertiary/aromatic N) is 4. The van der Waals surface area contributed by atoms with Crippen LogP contribution in [0, 0.1) is 5.82 Å². The zero-order valence-electron chi connectivity index (χ0n) is 16.8. The van der Waals surface area contributed by atoms with Gasteiger partial charge in [0, 0.05) is 35.6 Å². The Balaban J connectivity index is 1.71. The van der Waals surface area contributed by atoms with E-state index < -0.39 is 17.9 Å². The Morgan fingerprint density at radius 1 is 1.03 bits per heavy atom. The molecule has 0 aliphatic heterocycles. The molecule has 4 rings (SSSR count). The molecule has 1 atom stereocenters. The van der Waals surface area contributed by atoms with Crippen LogP contribution in [0.1, 0.15) is 27.7 Å². The highest BCUT2D eigenvalue weighted by molar-refractivity contribution is 7.03. The zero-order valence-corrected chi connectivity index (χ0v) is 17.6. The fourth-order valence-electron chi connectivity index (χ4n) is 3.20. The second-order valence-electron chi connectivity index (χ2n) is 6.83. The first-order chi connectivity index (χ1) is 15.6. The maximum Gasteiger partial charge on any atom is 0.280 e. The monoisotopic (exact) mass is 447 g/mol. The average Bonchev–Trinajstić information content (AvgIpc) is 3.38. The van der Waals surface area contributed by atoms with E-state index in [-0.39, 0.29) is 18.1 Å². The number of benzene rings is 2. The van der Waals surface area contributed by atoms with E-state index in [9.17, 15) is 14.0 Å². The number of pyridine rings is 1. The van der Waals surface area contributed by atoms with Crippen molar-refractivity contribution in [2.75, 3.05) is 4.90 Å². The zero-order chi connectivity index (χ0) is 22.3. The molecule has 0 saturated carbocycles. The highest BCUT2D eigenvalue weighted by atomic mass is 32.1. The predicted octanol–water partition coefficient (Wildman–Crippen LogP) is 3.78. The van der Waals surface area contributed by atoms with E-state index in [1.807, 2.05) is 6.07 Å². The number of nitrogens with one attached hydrogen (secondary N) is 1. The molecule has 2 amide bonds. The first-order valence-electron chi connectivity index (χ1n) is 9.71. The van der Waals surface area contributed by atoms with Crippen LogP contribution in [0.3, 0.4) is 0 Å². The van der Waals surface area contributed by atoms with E-state index in [4.69, 9.17) is 0 Å². The number of carbonyl (C=O) groups excluding carboxylic acids is 2. The van der Waals surface area contributed by atoms with Gasteiger partial charge < -0.3 is 5.32 Å². The van der Waals surface area contributed by atoms with Gasteiger partial charge in [-0.15, -0.1) is 5.10 Å². The van der Waals surface area contributed by atoms with Crippen LogP contribution >= 0.6 is 11.5 Å². The summed E-state index contributed by atoms with van der Waals surface area (Å²) in [4.78, 5) is 32.4. The van der Waals surface area contributed by atoms with Crippen molar-refractivity contribution in [3.05, 3.63) is 107 Å². The minimum Gasteiger partial charge on any atom is -0.350 e. The van der Waals surface area contributed by atoms with Crippen molar-refractivity contribution >= 4 is 29.0 Å². The quantitative estimate of drug-likeness (QED) is 0.466. The fraction of sp³-hybridized carbons (Fsp3) is 0.0870. The lowest BCUT2D eigenvalue weighted by Crippen LogP contribution is -2.44. The van der Waals surface area contributed by atoms with Gasteiger partial charge in [0.25, 0.3) is 5.91 Å². The molecule has 2 heterocycles. The molecule has 0 aliphatic carbocycles. The third-order valence-electron chi connectivity index (χ3n) is 4.72. The predicted molar refractivity (Wildman–Crippen MR) is 118 cm³/mol. The van der Waals surface area contributed by atoms with Crippen LogP contribution in [0.4, 0.5) is 10.1 Å². The van der Waals surface area contributed by atoms with Gasteiger partial charge in [-0.3, -0.25) is 19.5 Å². The van der Waals surface area contributed by atoms with Crippen molar-refractivity contribution in [1.29, 1.82) is 0 Å². The third-order valence-corrected chi connectivity index (χ3v) is 5.22. The molecule has 160 valence electrons. The Morgan fingerprint density at radius 3 is 2.47 bits per heavy atom. The van der Waals surface area contributed by atoms with Gasteiger partial charge in [-0.25, -0.2) is 4.39 Å². The van der Waals surface area contributed by atoms with Gasteiger partial charge in [-0.2, -0.15) is 0 Å². The maximum atomic E-state index is 13.4. The first-order valence-corrected chi connectivity index (χ1v) is 10.5. The van der Waals surface area contributed by atoms with E-state index >= 15 is 0 Å². The number of anilines is 1. The summed E-state index contributed by atoms with van der Waals surface area (Å²) in [5, 5.41) is 8.28. The molecule has 9 heteroatoms. The van der Waals surface area contributed by atoms with Crippen LogP contribution < -0.4 is 10.2 Å². The largest absolute Gasteiger partial charge is 0.350 e. The Bertz CT molecular complexity index is 1170. The summed E-state index contributed by atoms with van der Waals surface area (Å²) in [5.74, 6) is -1.23. The van der Waals surface area contributed by atoms with Crippen LogP contribution in [-0.4, -0.2) is 26.4 Å². The number of carbonyl (C=O) groups is 2. The molecule has 4 aromatic rings. The van der Waals surface area contributed by atoms with E-state index in [1.165, 1.54) is 22.4 Å². The number of hydrogen-bond acceptors (Lipinski definition) is 6. The van der Waals surface area contributed by atoms with Gasteiger partial charge in [0.1, 0.15) is 11.9 Å². The summed E-state index contributed by atoms with van der Waals surface area (Å²) in [6.45, 7) is 0.172. The molecule has 1 N–H and O–H groups in total. The van der Waals surface area contributed by atoms with Gasteiger partial charge in [0.2, 0.25) is 5.91 Å². The van der Waals surface area contributed by atoms with Gasteiger partial charge in [0.05, 0.1) is 0 Å². The molecule has 2 aromatic heterocycles. The van der Waals surface area contributed by atoms with Crippen molar-refractivity contribution in [2.45, 2.75) is 12.6 Å². The van der Waals surface area contributed by atoms with Crippen molar-refractivity contribution in [1.82, 2.24) is 19.9 Å². The number of rotatable bonds is 7. The summed E-state index contributed by atoms with van der Waals surface area (Å²) in [7, 11) is 0. The number of aromatic nitrogens is 3. The number of halogens is 1. The SMILES string of the molecule is O=C(NCc1ccc(F)cc1)[C@@H](c1cccnc1)N(C(=O)c1csnn1)c1ccccc1.